The Hall–Kier alpha value is -1.49. The summed E-state index contributed by atoms with van der Waals surface area (Å²) in [6.45, 7) is 0. The van der Waals surface area contributed by atoms with Gasteiger partial charge in [0.25, 0.3) is 0 Å². The van der Waals surface area contributed by atoms with Gasteiger partial charge in [0.05, 0.1) is 11.9 Å². The van der Waals surface area contributed by atoms with Gasteiger partial charge in [0, 0.05) is 4.47 Å². The second-order valence-corrected chi connectivity index (χ2v) is 3.57. The monoisotopic (exact) mass is 251 g/mol. The molecule has 1 aromatic carbocycles. The van der Waals surface area contributed by atoms with Crippen LogP contribution in [0.2, 0.25) is 0 Å². The average Bonchev–Trinajstić information content (AvgIpc) is 2.67. The van der Waals surface area contributed by atoms with Gasteiger partial charge in [0.2, 0.25) is 0 Å². The van der Waals surface area contributed by atoms with E-state index in [1.807, 2.05) is 24.3 Å². The van der Waals surface area contributed by atoms with Crippen molar-refractivity contribution in [2.75, 3.05) is 0 Å². The Kier molecular flexibility index (Phi) is 2.41. The number of carbonyl (C=O) groups excluding carboxylic acids is 1. The molecule has 5 heteroatoms. The molecule has 0 saturated heterocycles. The molecule has 0 fully saturated rings. The van der Waals surface area contributed by atoms with Crippen LogP contribution in [0.25, 0.3) is 5.69 Å². The summed E-state index contributed by atoms with van der Waals surface area (Å²) in [6.07, 6.45) is 2.09. The number of hydrogen-bond donors (Lipinski definition) is 0. The van der Waals surface area contributed by atoms with Gasteiger partial charge in [-0.1, -0.05) is 15.9 Å². The van der Waals surface area contributed by atoms with Crippen LogP contribution < -0.4 is 0 Å². The predicted octanol–water partition coefficient (Wildman–Crippen LogP) is 1.84. The van der Waals surface area contributed by atoms with E-state index >= 15 is 0 Å². The van der Waals surface area contributed by atoms with Crippen molar-refractivity contribution in [3.8, 4) is 5.69 Å². The van der Waals surface area contributed by atoms with Crippen LogP contribution in [0, 0.1) is 0 Å². The summed E-state index contributed by atoms with van der Waals surface area (Å²) in [7, 11) is 0. The minimum absolute atomic E-state index is 0.327. The summed E-state index contributed by atoms with van der Waals surface area (Å²) in [6, 6.07) is 7.50. The van der Waals surface area contributed by atoms with Crippen LogP contribution in [0.4, 0.5) is 0 Å². The lowest BCUT2D eigenvalue weighted by Gasteiger charge is -1.97. The molecule has 0 amide bonds. The summed E-state index contributed by atoms with van der Waals surface area (Å²) < 4.78 is 0.990. The summed E-state index contributed by atoms with van der Waals surface area (Å²) in [5.74, 6) is 0. The predicted molar refractivity (Wildman–Crippen MR) is 54.4 cm³/mol. The van der Waals surface area contributed by atoms with Gasteiger partial charge < -0.3 is 0 Å². The van der Waals surface area contributed by atoms with Crippen molar-refractivity contribution in [3.63, 3.8) is 0 Å². The molecule has 0 N–H and O–H groups in total. The zero-order valence-corrected chi connectivity index (χ0v) is 8.68. The van der Waals surface area contributed by atoms with Gasteiger partial charge in [0.15, 0.2) is 6.29 Å². The highest BCUT2D eigenvalue weighted by Crippen LogP contribution is 2.12. The van der Waals surface area contributed by atoms with E-state index in [1.54, 1.807) is 0 Å². The second kappa shape index (κ2) is 3.71. The zero-order valence-electron chi connectivity index (χ0n) is 7.09. The standard InChI is InChI=1S/C9H6BrN3O/c10-7-1-3-9(4-2-7)13-11-5-8(6-14)12-13/h1-6H. The van der Waals surface area contributed by atoms with Gasteiger partial charge in [-0.05, 0) is 24.3 Å². The molecule has 70 valence electrons. The van der Waals surface area contributed by atoms with Crippen molar-refractivity contribution in [2.45, 2.75) is 0 Å². The molecule has 0 spiro atoms. The van der Waals surface area contributed by atoms with Gasteiger partial charge in [-0.3, -0.25) is 4.79 Å². The largest absolute Gasteiger partial charge is 0.296 e. The maximum atomic E-state index is 10.4. The molecule has 1 heterocycles. The lowest BCUT2D eigenvalue weighted by atomic mass is 10.3. The first-order valence-corrected chi connectivity index (χ1v) is 4.72. The van der Waals surface area contributed by atoms with Gasteiger partial charge in [-0.25, -0.2) is 0 Å². The van der Waals surface area contributed by atoms with Crippen molar-refractivity contribution in [2.24, 2.45) is 0 Å². The molecule has 1 aromatic heterocycles. The number of rotatable bonds is 2. The van der Waals surface area contributed by atoms with Crippen LogP contribution in [-0.4, -0.2) is 21.3 Å². The van der Waals surface area contributed by atoms with Crippen molar-refractivity contribution >= 4 is 22.2 Å². The smallest absolute Gasteiger partial charge is 0.171 e. The highest BCUT2D eigenvalue weighted by molar-refractivity contribution is 9.10. The fourth-order valence-electron chi connectivity index (χ4n) is 1.03. The lowest BCUT2D eigenvalue weighted by molar-refractivity contribution is 0.111. The lowest BCUT2D eigenvalue weighted by Crippen LogP contribution is -1.98. The number of carbonyl (C=O) groups is 1. The molecule has 2 aromatic rings. The molecule has 4 nitrogen and oxygen atoms in total. The fraction of sp³-hybridized carbons (Fsp3) is 0. The van der Waals surface area contributed by atoms with Gasteiger partial charge in [-0.2, -0.15) is 9.90 Å². The highest BCUT2D eigenvalue weighted by Gasteiger charge is 2.00. The molecular formula is C9H6BrN3O. The summed E-state index contributed by atoms with van der Waals surface area (Å²) >= 11 is 3.33. The molecule has 0 bridgehead atoms. The van der Waals surface area contributed by atoms with Crippen LogP contribution in [0.3, 0.4) is 0 Å². The Morgan fingerprint density at radius 2 is 2.00 bits per heavy atom. The summed E-state index contributed by atoms with van der Waals surface area (Å²) in [5, 5.41) is 7.90. The number of nitrogens with zero attached hydrogens (tertiary/aromatic N) is 3. The van der Waals surface area contributed by atoms with Crippen LogP contribution >= 0.6 is 15.9 Å². The quantitative estimate of drug-likeness (QED) is 0.766. The molecular weight excluding hydrogens is 246 g/mol. The number of aromatic nitrogens is 3. The Balaban J connectivity index is 2.39. The first-order chi connectivity index (χ1) is 6.79. The maximum absolute atomic E-state index is 10.4. The van der Waals surface area contributed by atoms with E-state index in [1.165, 1.54) is 11.0 Å². The molecule has 0 aliphatic rings. The molecule has 0 radical (unpaired) electrons. The van der Waals surface area contributed by atoms with E-state index < -0.39 is 0 Å². The Morgan fingerprint density at radius 3 is 2.57 bits per heavy atom. The van der Waals surface area contributed by atoms with Crippen molar-refractivity contribution in [1.29, 1.82) is 0 Å². The van der Waals surface area contributed by atoms with E-state index in [4.69, 9.17) is 0 Å². The van der Waals surface area contributed by atoms with Crippen molar-refractivity contribution < 1.29 is 4.79 Å². The second-order valence-electron chi connectivity index (χ2n) is 2.65. The molecule has 0 saturated carbocycles. The topological polar surface area (TPSA) is 47.8 Å². The Morgan fingerprint density at radius 1 is 1.29 bits per heavy atom. The average molecular weight is 252 g/mol. The van der Waals surface area contributed by atoms with E-state index in [-0.39, 0.29) is 0 Å². The number of hydrogen-bond acceptors (Lipinski definition) is 3. The zero-order chi connectivity index (χ0) is 9.97. The minimum Gasteiger partial charge on any atom is -0.296 e. The van der Waals surface area contributed by atoms with Gasteiger partial charge >= 0.3 is 0 Å². The number of benzene rings is 1. The number of halogens is 1. The highest BCUT2D eigenvalue weighted by atomic mass is 79.9. The Bertz CT molecular complexity index is 449. The molecule has 0 unspecified atom stereocenters. The Labute approximate surface area is 88.7 Å². The summed E-state index contributed by atoms with van der Waals surface area (Å²) in [4.78, 5) is 11.8. The van der Waals surface area contributed by atoms with E-state index in [0.29, 0.717) is 12.0 Å². The fourth-order valence-corrected chi connectivity index (χ4v) is 1.29. The van der Waals surface area contributed by atoms with Crippen LogP contribution in [0.1, 0.15) is 10.5 Å². The maximum Gasteiger partial charge on any atom is 0.171 e. The van der Waals surface area contributed by atoms with E-state index in [2.05, 4.69) is 26.1 Å². The molecule has 0 aliphatic heterocycles. The molecule has 2 rings (SSSR count). The molecule has 0 aliphatic carbocycles. The van der Waals surface area contributed by atoms with Crippen molar-refractivity contribution in [1.82, 2.24) is 15.0 Å². The van der Waals surface area contributed by atoms with E-state index in [0.717, 1.165) is 10.2 Å². The summed E-state index contributed by atoms with van der Waals surface area (Å²) in [5.41, 5.74) is 1.15. The SMILES string of the molecule is O=Cc1cnn(-c2ccc(Br)cc2)n1. The third kappa shape index (κ3) is 1.72. The van der Waals surface area contributed by atoms with Crippen molar-refractivity contribution in [3.05, 3.63) is 40.6 Å². The molecule has 14 heavy (non-hydrogen) atoms. The third-order valence-electron chi connectivity index (χ3n) is 1.69. The normalized spacial score (nSPS) is 10.1. The van der Waals surface area contributed by atoms with E-state index in [9.17, 15) is 4.79 Å². The molecule has 0 atom stereocenters. The van der Waals surface area contributed by atoms with Crippen LogP contribution in [0.5, 0.6) is 0 Å². The minimum atomic E-state index is 0.327. The first kappa shape index (κ1) is 9.08. The van der Waals surface area contributed by atoms with Gasteiger partial charge in [0.1, 0.15) is 5.69 Å². The van der Waals surface area contributed by atoms with Crippen LogP contribution in [0.15, 0.2) is 34.9 Å². The van der Waals surface area contributed by atoms with Gasteiger partial charge in [-0.15, -0.1) is 5.10 Å². The number of aldehydes is 1. The third-order valence-corrected chi connectivity index (χ3v) is 2.22. The first-order valence-electron chi connectivity index (χ1n) is 3.93. The van der Waals surface area contributed by atoms with Crippen LogP contribution in [-0.2, 0) is 0 Å².